The predicted octanol–water partition coefficient (Wildman–Crippen LogP) is 2.53. The van der Waals surface area contributed by atoms with Crippen LogP contribution in [-0.4, -0.2) is 23.5 Å². The number of carbonyl (C=O) groups excluding carboxylic acids is 1. The number of para-hydroxylation sites is 1. The molecule has 2 aromatic rings. The van der Waals surface area contributed by atoms with Crippen molar-refractivity contribution in [3.8, 4) is 5.75 Å². The Hall–Kier alpha value is -2.10. The van der Waals surface area contributed by atoms with E-state index in [9.17, 15) is 4.79 Å². The minimum absolute atomic E-state index is 0.0182. The van der Waals surface area contributed by atoms with Crippen molar-refractivity contribution in [2.45, 2.75) is 26.3 Å². The summed E-state index contributed by atoms with van der Waals surface area (Å²) in [4.78, 5) is 15.9. The summed E-state index contributed by atoms with van der Waals surface area (Å²) in [6.45, 7) is 4.01. The van der Waals surface area contributed by atoms with Gasteiger partial charge in [-0.05, 0) is 25.5 Å². The fourth-order valence-electron chi connectivity index (χ4n) is 1.70. The van der Waals surface area contributed by atoms with Crippen molar-refractivity contribution in [1.29, 1.82) is 0 Å². The van der Waals surface area contributed by atoms with Gasteiger partial charge in [0, 0.05) is 11.4 Å². The molecule has 0 spiro atoms. The van der Waals surface area contributed by atoms with E-state index < -0.39 is 0 Å². The zero-order chi connectivity index (χ0) is 13.7. The van der Waals surface area contributed by atoms with Crippen LogP contribution in [-0.2, 0) is 4.79 Å². The third-order valence-electron chi connectivity index (χ3n) is 2.96. The predicted molar refractivity (Wildman–Crippen MR) is 75.1 cm³/mol. The molecule has 0 saturated carbocycles. The SMILES string of the molecule is CCC(C)NC(=O)COc1cnc2ccccc2c1. The van der Waals surface area contributed by atoms with E-state index in [1.807, 2.05) is 44.2 Å². The van der Waals surface area contributed by atoms with E-state index in [1.165, 1.54) is 0 Å². The maximum atomic E-state index is 11.6. The molecule has 4 nitrogen and oxygen atoms in total. The second-order valence-electron chi connectivity index (χ2n) is 4.53. The highest BCUT2D eigenvalue weighted by Gasteiger charge is 2.06. The lowest BCUT2D eigenvalue weighted by Gasteiger charge is -2.12. The number of benzene rings is 1. The zero-order valence-electron chi connectivity index (χ0n) is 11.2. The van der Waals surface area contributed by atoms with Crippen LogP contribution in [0.4, 0.5) is 0 Å². The van der Waals surface area contributed by atoms with Crippen LogP contribution >= 0.6 is 0 Å². The number of nitrogens with zero attached hydrogens (tertiary/aromatic N) is 1. The van der Waals surface area contributed by atoms with Crippen molar-refractivity contribution in [3.05, 3.63) is 36.5 Å². The molecule has 0 saturated heterocycles. The summed E-state index contributed by atoms with van der Waals surface area (Å²) in [5, 5.41) is 3.85. The van der Waals surface area contributed by atoms with Crippen LogP contribution in [0, 0.1) is 0 Å². The van der Waals surface area contributed by atoms with Gasteiger partial charge in [0.15, 0.2) is 6.61 Å². The Morgan fingerprint density at radius 2 is 2.21 bits per heavy atom. The van der Waals surface area contributed by atoms with Gasteiger partial charge in [0.1, 0.15) is 5.75 Å². The van der Waals surface area contributed by atoms with E-state index in [-0.39, 0.29) is 18.6 Å². The standard InChI is InChI=1S/C15H18N2O2/c1-3-11(2)17-15(18)10-19-13-8-12-6-4-5-7-14(12)16-9-13/h4-9,11H,3,10H2,1-2H3,(H,17,18). The highest BCUT2D eigenvalue weighted by molar-refractivity contribution is 5.80. The van der Waals surface area contributed by atoms with Crippen molar-refractivity contribution in [2.75, 3.05) is 6.61 Å². The maximum Gasteiger partial charge on any atom is 0.258 e. The van der Waals surface area contributed by atoms with Crippen LogP contribution in [0.5, 0.6) is 5.75 Å². The molecule has 1 aromatic carbocycles. The molecule has 1 aromatic heterocycles. The normalized spacial score (nSPS) is 12.1. The molecule has 0 radical (unpaired) electrons. The average molecular weight is 258 g/mol. The monoisotopic (exact) mass is 258 g/mol. The van der Waals surface area contributed by atoms with Gasteiger partial charge in [-0.3, -0.25) is 9.78 Å². The van der Waals surface area contributed by atoms with Gasteiger partial charge in [0.05, 0.1) is 11.7 Å². The number of aromatic nitrogens is 1. The lowest BCUT2D eigenvalue weighted by molar-refractivity contribution is -0.123. The number of fused-ring (bicyclic) bond motifs is 1. The Balaban J connectivity index is 1.96. The van der Waals surface area contributed by atoms with E-state index in [0.29, 0.717) is 5.75 Å². The average Bonchev–Trinajstić information content (AvgIpc) is 2.44. The summed E-state index contributed by atoms with van der Waals surface area (Å²) in [5.41, 5.74) is 0.916. The molecule has 1 heterocycles. The first-order valence-corrected chi connectivity index (χ1v) is 6.46. The Bertz CT molecular complexity index is 569. The fraction of sp³-hybridized carbons (Fsp3) is 0.333. The fourth-order valence-corrected chi connectivity index (χ4v) is 1.70. The Morgan fingerprint density at radius 1 is 1.42 bits per heavy atom. The van der Waals surface area contributed by atoms with Crippen LogP contribution in [0.15, 0.2) is 36.5 Å². The lowest BCUT2D eigenvalue weighted by atomic mass is 10.2. The maximum absolute atomic E-state index is 11.6. The Morgan fingerprint density at radius 3 is 3.00 bits per heavy atom. The first-order valence-electron chi connectivity index (χ1n) is 6.46. The third-order valence-corrected chi connectivity index (χ3v) is 2.96. The number of pyridine rings is 1. The van der Waals surface area contributed by atoms with Gasteiger partial charge >= 0.3 is 0 Å². The van der Waals surface area contributed by atoms with Crippen molar-refractivity contribution < 1.29 is 9.53 Å². The van der Waals surface area contributed by atoms with Gasteiger partial charge in [0.25, 0.3) is 5.91 Å². The van der Waals surface area contributed by atoms with Crippen LogP contribution in [0.3, 0.4) is 0 Å². The molecule has 1 atom stereocenters. The van der Waals surface area contributed by atoms with Gasteiger partial charge < -0.3 is 10.1 Å². The smallest absolute Gasteiger partial charge is 0.258 e. The van der Waals surface area contributed by atoms with Crippen molar-refractivity contribution in [2.24, 2.45) is 0 Å². The summed E-state index contributed by atoms with van der Waals surface area (Å²) in [6.07, 6.45) is 2.54. The molecule has 1 unspecified atom stereocenters. The minimum Gasteiger partial charge on any atom is -0.482 e. The Kier molecular flexibility index (Phi) is 4.34. The first-order chi connectivity index (χ1) is 9.19. The molecule has 0 fully saturated rings. The van der Waals surface area contributed by atoms with Crippen molar-refractivity contribution in [1.82, 2.24) is 10.3 Å². The number of hydrogen-bond donors (Lipinski definition) is 1. The number of amides is 1. The van der Waals surface area contributed by atoms with Crippen molar-refractivity contribution >= 4 is 16.8 Å². The third kappa shape index (κ3) is 3.68. The van der Waals surface area contributed by atoms with E-state index in [0.717, 1.165) is 17.3 Å². The lowest BCUT2D eigenvalue weighted by Crippen LogP contribution is -2.35. The summed E-state index contributed by atoms with van der Waals surface area (Å²) in [5.74, 6) is 0.500. The summed E-state index contributed by atoms with van der Waals surface area (Å²) < 4.78 is 5.45. The highest BCUT2D eigenvalue weighted by Crippen LogP contribution is 2.17. The van der Waals surface area contributed by atoms with Crippen molar-refractivity contribution in [3.63, 3.8) is 0 Å². The van der Waals surface area contributed by atoms with E-state index in [2.05, 4.69) is 10.3 Å². The van der Waals surface area contributed by atoms with Gasteiger partial charge in [0.2, 0.25) is 0 Å². The molecule has 2 rings (SSSR count). The largest absolute Gasteiger partial charge is 0.482 e. The molecule has 19 heavy (non-hydrogen) atoms. The molecule has 0 aliphatic heterocycles. The number of nitrogens with one attached hydrogen (secondary N) is 1. The van der Waals surface area contributed by atoms with Crippen LogP contribution in [0.1, 0.15) is 20.3 Å². The molecule has 1 N–H and O–H groups in total. The molecular weight excluding hydrogens is 240 g/mol. The zero-order valence-corrected chi connectivity index (χ0v) is 11.2. The molecule has 0 bridgehead atoms. The highest BCUT2D eigenvalue weighted by atomic mass is 16.5. The number of hydrogen-bond acceptors (Lipinski definition) is 3. The van der Waals surface area contributed by atoms with Gasteiger partial charge in [-0.2, -0.15) is 0 Å². The van der Waals surface area contributed by atoms with Gasteiger partial charge in [-0.15, -0.1) is 0 Å². The number of carbonyl (C=O) groups is 1. The number of ether oxygens (including phenoxy) is 1. The molecular formula is C15H18N2O2. The quantitative estimate of drug-likeness (QED) is 0.896. The summed E-state index contributed by atoms with van der Waals surface area (Å²) in [6, 6.07) is 9.85. The summed E-state index contributed by atoms with van der Waals surface area (Å²) in [7, 11) is 0. The van der Waals surface area contributed by atoms with Crippen LogP contribution in [0.2, 0.25) is 0 Å². The van der Waals surface area contributed by atoms with E-state index in [1.54, 1.807) is 6.20 Å². The second-order valence-corrected chi connectivity index (χ2v) is 4.53. The first kappa shape index (κ1) is 13.3. The molecule has 100 valence electrons. The van der Waals surface area contributed by atoms with Crippen LogP contribution in [0.25, 0.3) is 10.9 Å². The minimum atomic E-state index is -0.109. The molecule has 4 heteroatoms. The van der Waals surface area contributed by atoms with Crippen LogP contribution < -0.4 is 10.1 Å². The summed E-state index contributed by atoms with van der Waals surface area (Å²) >= 11 is 0. The van der Waals surface area contributed by atoms with Gasteiger partial charge in [-0.1, -0.05) is 25.1 Å². The van der Waals surface area contributed by atoms with Gasteiger partial charge in [-0.25, -0.2) is 0 Å². The van der Waals surface area contributed by atoms with E-state index in [4.69, 9.17) is 4.74 Å². The van der Waals surface area contributed by atoms with E-state index >= 15 is 0 Å². The molecule has 0 aliphatic rings. The number of rotatable bonds is 5. The Labute approximate surface area is 112 Å². The topological polar surface area (TPSA) is 51.2 Å². The molecule has 0 aliphatic carbocycles. The molecule has 1 amide bonds. The second kappa shape index (κ2) is 6.18.